The van der Waals surface area contributed by atoms with E-state index in [2.05, 4.69) is 36.9 Å². The Morgan fingerprint density at radius 1 is 1.33 bits per heavy atom. The minimum Gasteiger partial charge on any atom is -0.397 e. The van der Waals surface area contributed by atoms with E-state index >= 15 is 0 Å². The molecule has 2 N–H and O–H groups in total. The molecule has 0 aliphatic heterocycles. The van der Waals surface area contributed by atoms with Gasteiger partial charge < -0.3 is 5.73 Å². The van der Waals surface area contributed by atoms with Gasteiger partial charge >= 0.3 is 0 Å². The predicted molar refractivity (Wildman–Crippen MR) is 85.6 cm³/mol. The fourth-order valence-corrected chi connectivity index (χ4v) is 3.49. The number of rotatable bonds is 2. The lowest BCUT2D eigenvalue weighted by atomic mass is 9.74. The van der Waals surface area contributed by atoms with Gasteiger partial charge in [0.2, 0.25) is 0 Å². The van der Waals surface area contributed by atoms with E-state index in [9.17, 15) is 0 Å². The monoisotopic (exact) mass is 368 g/mol. The molecule has 2 nitrogen and oxygen atoms in total. The van der Waals surface area contributed by atoms with E-state index in [0.29, 0.717) is 11.9 Å². The lowest BCUT2D eigenvalue weighted by molar-refractivity contribution is 0.445. The number of hydrogen-bond acceptors (Lipinski definition) is 2. The van der Waals surface area contributed by atoms with Crippen molar-refractivity contribution in [3.05, 3.63) is 26.6 Å². The van der Waals surface area contributed by atoms with E-state index in [-0.39, 0.29) is 0 Å². The molecule has 0 heterocycles. The second-order valence-electron chi connectivity index (χ2n) is 4.75. The van der Waals surface area contributed by atoms with Gasteiger partial charge in [0.05, 0.1) is 13.5 Å². The van der Waals surface area contributed by atoms with Crippen molar-refractivity contribution in [2.45, 2.75) is 37.5 Å². The zero-order valence-corrected chi connectivity index (χ0v) is 13.2. The van der Waals surface area contributed by atoms with Crippen LogP contribution in [-0.4, -0.2) is 20.1 Å². The van der Waals surface area contributed by atoms with Gasteiger partial charge in [0.1, 0.15) is 0 Å². The van der Waals surface area contributed by atoms with Gasteiger partial charge in [-0.3, -0.25) is 4.99 Å². The van der Waals surface area contributed by atoms with E-state index in [1.807, 2.05) is 18.3 Å². The standard InChI is InChI=1S/C13H15BBr2N2/c14-9-2-1-3-11(5-9)18-7-8-4-10(15)6-12(16)13(8)17/h4,6-7,9,11H,1-3,5,17H2. The molecule has 2 radical (unpaired) electrons. The van der Waals surface area contributed by atoms with Crippen molar-refractivity contribution in [3.63, 3.8) is 0 Å². The van der Waals surface area contributed by atoms with Gasteiger partial charge in [-0.25, -0.2) is 0 Å². The van der Waals surface area contributed by atoms with Crippen molar-refractivity contribution >= 4 is 51.6 Å². The molecule has 2 rings (SSSR count). The molecule has 2 atom stereocenters. The molecule has 1 aliphatic rings. The molecule has 0 aromatic heterocycles. The van der Waals surface area contributed by atoms with Gasteiger partial charge in [-0.1, -0.05) is 34.6 Å². The van der Waals surface area contributed by atoms with Crippen LogP contribution in [0.3, 0.4) is 0 Å². The molecule has 94 valence electrons. The van der Waals surface area contributed by atoms with Crippen LogP contribution in [0.1, 0.15) is 31.2 Å². The number of hydrogen-bond donors (Lipinski definition) is 1. The zero-order valence-electron chi connectivity index (χ0n) is 10.1. The second kappa shape index (κ2) is 6.24. The summed E-state index contributed by atoms with van der Waals surface area (Å²) in [6.45, 7) is 0. The van der Waals surface area contributed by atoms with E-state index in [4.69, 9.17) is 13.6 Å². The van der Waals surface area contributed by atoms with Crippen molar-refractivity contribution in [1.29, 1.82) is 0 Å². The van der Waals surface area contributed by atoms with Gasteiger partial charge in [0.15, 0.2) is 0 Å². The summed E-state index contributed by atoms with van der Waals surface area (Å²) in [5.41, 5.74) is 7.68. The van der Waals surface area contributed by atoms with Crippen LogP contribution in [-0.2, 0) is 0 Å². The summed E-state index contributed by atoms with van der Waals surface area (Å²) in [4.78, 5) is 4.62. The number of anilines is 1. The third-order valence-corrected chi connectivity index (χ3v) is 4.35. The normalized spacial score (nSPS) is 24.6. The molecular weight excluding hydrogens is 355 g/mol. The average molecular weight is 370 g/mol. The first-order chi connectivity index (χ1) is 8.56. The number of benzene rings is 1. The Morgan fingerprint density at radius 3 is 2.83 bits per heavy atom. The lowest BCUT2D eigenvalue weighted by Crippen LogP contribution is -2.15. The van der Waals surface area contributed by atoms with Crippen LogP contribution in [0, 0.1) is 0 Å². The summed E-state index contributed by atoms with van der Waals surface area (Å²) in [5.74, 6) is 0.299. The quantitative estimate of drug-likeness (QED) is 0.475. The molecular formula is C13H15BBr2N2. The Morgan fingerprint density at radius 2 is 2.11 bits per heavy atom. The minimum atomic E-state index is 0.299. The maximum absolute atomic E-state index is 6.01. The Kier molecular flexibility index (Phi) is 4.90. The highest BCUT2D eigenvalue weighted by molar-refractivity contribution is 9.11. The van der Waals surface area contributed by atoms with Crippen molar-refractivity contribution in [3.8, 4) is 0 Å². The van der Waals surface area contributed by atoms with E-state index in [1.165, 1.54) is 6.42 Å². The van der Waals surface area contributed by atoms with Gasteiger partial charge in [-0.15, -0.1) is 0 Å². The third-order valence-electron chi connectivity index (χ3n) is 3.24. The number of halogens is 2. The van der Waals surface area contributed by atoms with Crippen LogP contribution < -0.4 is 5.73 Å². The van der Waals surface area contributed by atoms with Crippen molar-refractivity contribution in [2.24, 2.45) is 4.99 Å². The largest absolute Gasteiger partial charge is 0.397 e. The van der Waals surface area contributed by atoms with Crippen LogP contribution in [0.4, 0.5) is 5.69 Å². The molecule has 1 saturated carbocycles. The fraction of sp³-hybridized carbons (Fsp3) is 0.462. The highest BCUT2D eigenvalue weighted by atomic mass is 79.9. The summed E-state index contributed by atoms with van der Waals surface area (Å²) in [6, 6.07) is 4.25. The fourth-order valence-electron chi connectivity index (χ4n) is 2.23. The van der Waals surface area contributed by atoms with Crippen molar-refractivity contribution in [1.82, 2.24) is 0 Å². The molecule has 18 heavy (non-hydrogen) atoms. The molecule has 1 aromatic rings. The van der Waals surface area contributed by atoms with Crippen molar-refractivity contribution < 1.29 is 0 Å². The highest BCUT2D eigenvalue weighted by Crippen LogP contribution is 2.30. The van der Waals surface area contributed by atoms with E-state index in [0.717, 1.165) is 39.5 Å². The van der Waals surface area contributed by atoms with Gasteiger partial charge in [0.25, 0.3) is 0 Å². The molecule has 1 aliphatic carbocycles. The summed E-state index contributed by atoms with van der Waals surface area (Å²) < 4.78 is 1.88. The summed E-state index contributed by atoms with van der Waals surface area (Å²) in [6.07, 6.45) is 6.26. The van der Waals surface area contributed by atoms with Crippen LogP contribution in [0.5, 0.6) is 0 Å². The molecule has 0 bridgehead atoms. The molecule has 1 aromatic carbocycles. The van der Waals surface area contributed by atoms with Crippen LogP contribution in [0.2, 0.25) is 5.82 Å². The maximum atomic E-state index is 6.01. The molecule has 2 unspecified atom stereocenters. The summed E-state index contributed by atoms with van der Waals surface area (Å²) >= 11 is 6.89. The molecule has 5 heteroatoms. The molecule has 0 amide bonds. The van der Waals surface area contributed by atoms with E-state index in [1.54, 1.807) is 0 Å². The Hall–Kier alpha value is -0.285. The average Bonchev–Trinajstić information content (AvgIpc) is 2.32. The van der Waals surface area contributed by atoms with Gasteiger partial charge in [-0.05, 0) is 40.9 Å². The van der Waals surface area contributed by atoms with Gasteiger partial charge in [-0.2, -0.15) is 0 Å². The molecule has 1 fully saturated rings. The smallest absolute Gasteiger partial charge is 0.0700 e. The predicted octanol–water partition coefficient (Wildman–Crippen LogP) is 4.11. The Bertz CT molecular complexity index is 463. The Balaban J connectivity index is 2.13. The van der Waals surface area contributed by atoms with E-state index < -0.39 is 0 Å². The Labute approximate surface area is 126 Å². The number of nitrogen functional groups attached to an aromatic ring is 1. The lowest BCUT2D eigenvalue weighted by Gasteiger charge is -2.23. The van der Waals surface area contributed by atoms with Crippen LogP contribution in [0.15, 0.2) is 26.1 Å². The van der Waals surface area contributed by atoms with Crippen LogP contribution in [0.25, 0.3) is 0 Å². The van der Waals surface area contributed by atoms with Crippen molar-refractivity contribution in [2.75, 3.05) is 5.73 Å². The first-order valence-electron chi connectivity index (χ1n) is 6.09. The topological polar surface area (TPSA) is 38.4 Å². The van der Waals surface area contributed by atoms with Gasteiger partial charge in [0, 0.05) is 26.8 Å². The first kappa shape index (κ1) is 14.1. The number of nitrogens with zero attached hydrogens (tertiary/aromatic N) is 1. The summed E-state index contributed by atoms with van der Waals surface area (Å²) in [5, 5.41) is 0. The first-order valence-corrected chi connectivity index (χ1v) is 7.68. The highest BCUT2D eigenvalue weighted by Gasteiger charge is 2.17. The second-order valence-corrected chi connectivity index (χ2v) is 6.52. The summed E-state index contributed by atoms with van der Waals surface area (Å²) in [7, 11) is 5.96. The van der Waals surface area contributed by atoms with Crippen LogP contribution >= 0.6 is 31.9 Å². The minimum absolute atomic E-state index is 0.299. The molecule has 0 saturated heterocycles. The number of nitrogens with two attached hydrogens (primary N) is 1. The molecule has 0 spiro atoms. The zero-order chi connectivity index (χ0) is 13.1. The number of aliphatic imine (C=N–C) groups is 1. The SMILES string of the molecule is [B]C1CCCC(N=Cc2cc(Br)cc(Br)c2N)C1. The third kappa shape index (κ3) is 3.61. The maximum Gasteiger partial charge on any atom is 0.0700 e.